The van der Waals surface area contributed by atoms with Crippen molar-refractivity contribution >= 4 is 5.91 Å². The van der Waals surface area contributed by atoms with Crippen molar-refractivity contribution in [2.24, 2.45) is 0 Å². The Bertz CT molecular complexity index is 834. The first-order valence-corrected chi connectivity index (χ1v) is 8.56. The number of hydrogen-bond acceptors (Lipinski definition) is 5. The summed E-state index contributed by atoms with van der Waals surface area (Å²) in [7, 11) is 0. The second-order valence-corrected chi connectivity index (χ2v) is 6.72. The van der Waals surface area contributed by atoms with Gasteiger partial charge in [-0.05, 0) is 37.1 Å². The third-order valence-electron chi connectivity index (χ3n) is 4.99. The van der Waals surface area contributed by atoms with Gasteiger partial charge in [0.1, 0.15) is 11.3 Å². The Morgan fingerprint density at radius 2 is 2.12 bits per heavy atom. The molecule has 0 bridgehead atoms. The molecule has 2 aliphatic heterocycles. The van der Waals surface area contributed by atoms with E-state index in [1.165, 1.54) is 0 Å². The van der Waals surface area contributed by atoms with Crippen LogP contribution in [0.1, 0.15) is 45.6 Å². The van der Waals surface area contributed by atoms with Crippen LogP contribution in [0.2, 0.25) is 0 Å². The molecule has 130 valence electrons. The smallest absolute Gasteiger partial charge is 0.349 e. The van der Waals surface area contributed by atoms with Crippen molar-refractivity contribution in [3.63, 3.8) is 0 Å². The van der Waals surface area contributed by atoms with Crippen LogP contribution in [-0.2, 0) is 4.74 Å². The van der Waals surface area contributed by atoms with E-state index in [4.69, 9.17) is 9.15 Å². The number of ether oxygens (including phenoxy) is 1. The molecule has 2 saturated heterocycles. The van der Waals surface area contributed by atoms with Crippen molar-refractivity contribution in [3.05, 3.63) is 63.5 Å². The SMILES string of the molecule is Cc1cc(C2CCOC2)oc(=O)c1C(=O)N1CC(c2ccccn2)C1. The van der Waals surface area contributed by atoms with E-state index in [9.17, 15) is 9.59 Å². The molecule has 25 heavy (non-hydrogen) atoms. The summed E-state index contributed by atoms with van der Waals surface area (Å²) < 4.78 is 10.8. The number of rotatable bonds is 3. The van der Waals surface area contributed by atoms with Gasteiger partial charge in [-0.15, -0.1) is 0 Å². The van der Waals surface area contributed by atoms with Crippen molar-refractivity contribution in [2.45, 2.75) is 25.2 Å². The van der Waals surface area contributed by atoms with Crippen molar-refractivity contribution in [1.29, 1.82) is 0 Å². The normalized spacial score (nSPS) is 20.5. The predicted molar refractivity (Wildman–Crippen MR) is 90.8 cm³/mol. The van der Waals surface area contributed by atoms with Crippen LogP contribution < -0.4 is 5.63 Å². The Kier molecular flexibility index (Phi) is 4.13. The summed E-state index contributed by atoms with van der Waals surface area (Å²) in [6.07, 6.45) is 2.59. The highest BCUT2D eigenvalue weighted by atomic mass is 16.5. The second-order valence-electron chi connectivity index (χ2n) is 6.72. The number of likely N-dealkylation sites (tertiary alicyclic amines) is 1. The first kappa shape index (κ1) is 16.0. The zero-order valence-corrected chi connectivity index (χ0v) is 14.1. The fourth-order valence-corrected chi connectivity index (χ4v) is 3.46. The maximum Gasteiger partial charge on any atom is 0.349 e. The van der Waals surface area contributed by atoms with E-state index in [2.05, 4.69) is 4.98 Å². The number of pyridine rings is 1. The lowest BCUT2D eigenvalue weighted by molar-refractivity contribution is 0.0592. The average molecular weight is 340 g/mol. The van der Waals surface area contributed by atoms with Crippen LogP contribution in [0.15, 0.2) is 39.7 Å². The van der Waals surface area contributed by atoms with E-state index < -0.39 is 5.63 Å². The lowest BCUT2D eigenvalue weighted by Crippen LogP contribution is -2.50. The van der Waals surface area contributed by atoms with E-state index in [0.717, 1.165) is 12.1 Å². The highest BCUT2D eigenvalue weighted by Gasteiger charge is 2.35. The Morgan fingerprint density at radius 1 is 1.28 bits per heavy atom. The summed E-state index contributed by atoms with van der Waals surface area (Å²) in [6, 6.07) is 7.59. The van der Waals surface area contributed by atoms with Crippen LogP contribution in [0.4, 0.5) is 0 Å². The zero-order valence-electron chi connectivity index (χ0n) is 14.1. The van der Waals surface area contributed by atoms with Crippen molar-refractivity contribution in [3.8, 4) is 0 Å². The summed E-state index contributed by atoms with van der Waals surface area (Å²) in [5.74, 6) is 0.694. The third-order valence-corrected chi connectivity index (χ3v) is 4.99. The Labute approximate surface area is 145 Å². The first-order chi connectivity index (χ1) is 12.1. The summed E-state index contributed by atoms with van der Waals surface area (Å²) in [5, 5.41) is 0. The largest absolute Gasteiger partial charge is 0.427 e. The number of aryl methyl sites for hydroxylation is 1. The molecule has 0 aliphatic carbocycles. The molecule has 6 nitrogen and oxygen atoms in total. The van der Waals surface area contributed by atoms with Gasteiger partial charge in [0.25, 0.3) is 5.91 Å². The summed E-state index contributed by atoms with van der Waals surface area (Å²) in [6.45, 7) is 4.18. The predicted octanol–water partition coefficient (Wildman–Crippen LogP) is 2.09. The quantitative estimate of drug-likeness (QED) is 0.855. The molecule has 2 aromatic heterocycles. The van der Waals surface area contributed by atoms with Crippen LogP contribution in [0.5, 0.6) is 0 Å². The highest BCUT2D eigenvalue weighted by Crippen LogP contribution is 2.28. The summed E-state index contributed by atoms with van der Waals surface area (Å²) in [5.41, 5.74) is 1.24. The van der Waals surface area contributed by atoms with E-state index >= 15 is 0 Å². The van der Waals surface area contributed by atoms with E-state index in [-0.39, 0.29) is 23.3 Å². The van der Waals surface area contributed by atoms with Gasteiger partial charge in [0.2, 0.25) is 0 Å². The highest BCUT2D eigenvalue weighted by molar-refractivity contribution is 5.95. The molecular formula is C19H20N2O4. The maximum absolute atomic E-state index is 12.7. The lowest BCUT2D eigenvalue weighted by atomic mass is 9.94. The molecule has 4 heterocycles. The molecule has 2 aliphatic rings. The van der Waals surface area contributed by atoms with Gasteiger partial charge in [-0.2, -0.15) is 0 Å². The molecule has 2 fully saturated rings. The maximum atomic E-state index is 12.7. The molecule has 2 aromatic rings. The first-order valence-electron chi connectivity index (χ1n) is 8.56. The molecule has 4 rings (SSSR count). The molecule has 0 N–H and O–H groups in total. The third kappa shape index (κ3) is 2.98. The van der Waals surface area contributed by atoms with E-state index in [1.807, 2.05) is 24.3 Å². The molecule has 0 radical (unpaired) electrons. The summed E-state index contributed by atoms with van der Waals surface area (Å²) >= 11 is 0. The number of aromatic nitrogens is 1. The van der Waals surface area contributed by atoms with Gasteiger partial charge in [-0.1, -0.05) is 6.07 Å². The van der Waals surface area contributed by atoms with Gasteiger partial charge in [0.15, 0.2) is 0 Å². The number of carbonyl (C=O) groups excluding carboxylic acids is 1. The van der Waals surface area contributed by atoms with E-state index in [1.54, 1.807) is 18.0 Å². The van der Waals surface area contributed by atoms with Crippen molar-refractivity contribution in [1.82, 2.24) is 9.88 Å². The molecule has 0 aromatic carbocycles. The average Bonchev–Trinajstić information content (AvgIpc) is 3.08. The number of nitrogens with zero attached hydrogens (tertiary/aromatic N) is 2. The lowest BCUT2D eigenvalue weighted by Gasteiger charge is -2.38. The van der Waals surface area contributed by atoms with Gasteiger partial charge in [0, 0.05) is 43.4 Å². The monoisotopic (exact) mass is 340 g/mol. The standard InChI is InChI=1S/C19H20N2O4/c1-12-8-16(13-5-7-24-11-13)25-19(23)17(12)18(22)21-9-14(10-21)15-4-2-3-6-20-15/h2-4,6,8,13-14H,5,7,9-11H2,1H3. The van der Waals surface area contributed by atoms with Crippen LogP contribution in [0, 0.1) is 6.92 Å². The topological polar surface area (TPSA) is 72.6 Å². The van der Waals surface area contributed by atoms with Gasteiger partial charge in [-0.3, -0.25) is 9.78 Å². The van der Waals surface area contributed by atoms with Crippen LogP contribution in [0.25, 0.3) is 0 Å². The molecule has 0 saturated carbocycles. The summed E-state index contributed by atoms with van der Waals surface area (Å²) in [4.78, 5) is 31.1. The zero-order chi connectivity index (χ0) is 17.4. The minimum Gasteiger partial charge on any atom is -0.427 e. The van der Waals surface area contributed by atoms with Crippen LogP contribution in [-0.4, -0.2) is 42.1 Å². The van der Waals surface area contributed by atoms with Crippen molar-refractivity contribution < 1.29 is 13.9 Å². The van der Waals surface area contributed by atoms with Gasteiger partial charge < -0.3 is 14.1 Å². The number of carbonyl (C=O) groups is 1. The molecule has 1 amide bonds. The molecule has 1 atom stereocenters. The number of amides is 1. The number of hydrogen-bond donors (Lipinski definition) is 0. The van der Waals surface area contributed by atoms with Gasteiger partial charge >= 0.3 is 5.63 Å². The fourth-order valence-electron chi connectivity index (χ4n) is 3.46. The Morgan fingerprint density at radius 3 is 2.76 bits per heavy atom. The molecule has 1 unspecified atom stereocenters. The molecular weight excluding hydrogens is 320 g/mol. The molecule has 0 spiro atoms. The Hall–Kier alpha value is -2.47. The minimum absolute atomic E-state index is 0.105. The van der Waals surface area contributed by atoms with Gasteiger partial charge in [0.05, 0.1) is 6.61 Å². The molecule has 6 heteroatoms. The van der Waals surface area contributed by atoms with Crippen molar-refractivity contribution in [2.75, 3.05) is 26.3 Å². The fraction of sp³-hybridized carbons (Fsp3) is 0.421. The van der Waals surface area contributed by atoms with E-state index in [0.29, 0.717) is 37.6 Å². The Balaban J connectivity index is 1.50. The van der Waals surface area contributed by atoms with Crippen LogP contribution in [0.3, 0.4) is 0 Å². The van der Waals surface area contributed by atoms with Gasteiger partial charge in [-0.25, -0.2) is 4.79 Å². The second kappa shape index (κ2) is 6.44. The van der Waals surface area contributed by atoms with Crippen LogP contribution >= 0.6 is 0 Å². The minimum atomic E-state index is -0.548.